The first-order valence-corrected chi connectivity index (χ1v) is 7.57. The van der Waals surface area contributed by atoms with Crippen molar-refractivity contribution < 1.29 is 0 Å². The van der Waals surface area contributed by atoms with E-state index in [1.165, 1.54) is 31.4 Å². The number of anilines is 2. The molecule has 1 aromatic carbocycles. The number of rotatable bonds is 3. The number of nitrogens with one attached hydrogen (secondary N) is 1. The Balaban J connectivity index is 1.95. The topological polar surface area (TPSA) is 50.9 Å². The minimum Gasteiger partial charge on any atom is -0.399 e. The minimum absolute atomic E-state index is 0.504. The van der Waals surface area contributed by atoms with Crippen LogP contribution in [0.1, 0.15) is 38.3 Å². The maximum absolute atomic E-state index is 5.93. The van der Waals surface area contributed by atoms with Gasteiger partial charge in [-0.15, -0.1) is 0 Å². The lowest BCUT2D eigenvalue weighted by Gasteiger charge is -2.23. The second-order valence-corrected chi connectivity index (χ2v) is 6.07. The summed E-state index contributed by atoms with van der Waals surface area (Å²) in [4.78, 5) is 4.59. The zero-order valence-electron chi connectivity index (χ0n) is 12.3. The zero-order valence-corrected chi connectivity index (χ0v) is 12.3. The number of aryl methyl sites for hydroxylation is 1. The fraction of sp³-hybridized carbons (Fsp3) is 0.471. The van der Waals surface area contributed by atoms with Gasteiger partial charge in [0.1, 0.15) is 0 Å². The smallest absolute Gasteiger partial charge is 0.0727 e. The van der Waals surface area contributed by atoms with Crippen LogP contribution in [0.25, 0.3) is 10.9 Å². The third-order valence-electron chi connectivity index (χ3n) is 4.45. The second-order valence-electron chi connectivity index (χ2n) is 6.07. The first kappa shape index (κ1) is 13.2. The average molecular weight is 269 g/mol. The highest BCUT2D eigenvalue weighted by Crippen LogP contribution is 2.31. The van der Waals surface area contributed by atoms with Gasteiger partial charge in [0.05, 0.1) is 5.52 Å². The number of nitrogens with two attached hydrogens (primary N) is 1. The molecule has 1 heterocycles. The summed E-state index contributed by atoms with van der Waals surface area (Å²) in [5, 5.41) is 4.82. The first-order chi connectivity index (χ1) is 9.63. The van der Waals surface area contributed by atoms with Gasteiger partial charge in [0, 0.05) is 28.5 Å². The number of pyridine rings is 1. The Labute approximate surface area is 120 Å². The van der Waals surface area contributed by atoms with Gasteiger partial charge in [0.25, 0.3) is 0 Å². The number of aromatic nitrogens is 1. The van der Waals surface area contributed by atoms with Gasteiger partial charge in [0.2, 0.25) is 0 Å². The highest BCUT2D eigenvalue weighted by Gasteiger charge is 2.21. The van der Waals surface area contributed by atoms with Gasteiger partial charge in [-0.2, -0.15) is 0 Å². The second kappa shape index (κ2) is 5.31. The van der Waals surface area contributed by atoms with Crippen molar-refractivity contribution in [2.24, 2.45) is 5.92 Å². The fourth-order valence-corrected chi connectivity index (χ4v) is 3.32. The summed E-state index contributed by atoms with van der Waals surface area (Å²) >= 11 is 0. The van der Waals surface area contributed by atoms with E-state index in [0.717, 1.165) is 28.2 Å². The molecule has 106 valence electrons. The van der Waals surface area contributed by atoms with Crippen molar-refractivity contribution in [3.63, 3.8) is 0 Å². The molecule has 0 saturated heterocycles. The number of benzene rings is 1. The standard InChI is InChI=1S/C17H23N3/c1-11-9-17(20-12(2)13-5-3-4-6-13)15-10-14(18)7-8-16(15)19-11/h7-10,12-13H,3-6,18H2,1-2H3,(H,19,20). The van der Waals surface area contributed by atoms with Crippen LogP contribution in [0.15, 0.2) is 24.3 Å². The Morgan fingerprint density at radius 3 is 2.75 bits per heavy atom. The van der Waals surface area contributed by atoms with E-state index in [4.69, 9.17) is 5.73 Å². The van der Waals surface area contributed by atoms with E-state index >= 15 is 0 Å². The molecule has 0 aliphatic heterocycles. The molecule has 2 aromatic rings. The Morgan fingerprint density at radius 1 is 1.25 bits per heavy atom. The van der Waals surface area contributed by atoms with Crippen LogP contribution in [0.3, 0.4) is 0 Å². The van der Waals surface area contributed by atoms with E-state index in [2.05, 4.69) is 23.3 Å². The monoisotopic (exact) mass is 269 g/mol. The van der Waals surface area contributed by atoms with Crippen molar-refractivity contribution >= 4 is 22.3 Å². The molecule has 1 aliphatic rings. The molecule has 1 aromatic heterocycles. The number of hydrogen-bond donors (Lipinski definition) is 2. The van der Waals surface area contributed by atoms with E-state index in [1.54, 1.807) is 0 Å². The van der Waals surface area contributed by atoms with Crippen molar-refractivity contribution in [2.45, 2.75) is 45.6 Å². The van der Waals surface area contributed by atoms with Crippen LogP contribution >= 0.6 is 0 Å². The predicted octanol–water partition coefficient (Wildman–Crippen LogP) is 4.12. The van der Waals surface area contributed by atoms with Crippen molar-refractivity contribution in [1.29, 1.82) is 0 Å². The van der Waals surface area contributed by atoms with Gasteiger partial charge in [0.15, 0.2) is 0 Å². The highest BCUT2D eigenvalue weighted by molar-refractivity contribution is 5.93. The number of nitrogen functional groups attached to an aromatic ring is 1. The van der Waals surface area contributed by atoms with E-state index in [1.807, 2.05) is 25.1 Å². The van der Waals surface area contributed by atoms with Crippen molar-refractivity contribution in [1.82, 2.24) is 4.98 Å². The lowest BCUT2D eigenvalue weighted by molar-refractivity contribution is 0.482. The number of fused-ring (bicyclic) bond motifs is 1. The molecule has 3 rings (SSSR count). The molecular formula is C17H23N3. The van der Waals surface area contributed by atoms with Crippen LogP contribution < -0.4 is 11.1 Å². The van der Waals surface area contributed by atoms with Crippen LogP contribution in [-0.2, 0) is 0 Å². The molecule has 1 saturated carbocycles. The van der Waals surface area contributed by atoms with Gasteiger partial charge in [-0.05, 0) is 56.9 Å². The van der Waals surface area contributed by atoms with E-state index < -0.39 is 0 Å². The summed E-state index contributed by atoms with van der Waals surface area (Å²) in [6, 6.07) is 8.57. The Hall–Kier alpha value is -1.77. The molecule has 3 heteroatoms. The number of nitrogens with zero attached hydrogens (tertiary/aromatic N) is 1. The summed E-state index contributed by atoms with van der Waals surface area (Å²) in [5.41, 5.74) is 9.94. The normalized spacial score (nSPS) is 17.5. The molecule has 0 radical (unpaired) electrons. The largest absolute Gasteiger partial charge is 0.399 e. The maximum Gasteiger partial charge on any atom is 0.0727 e. The van der Waals surface area contributed by atoms with Gasteiger partial charge in [-0.1, -0.05) is 12.8 Å². The molecule has 0 spiro atoms. The van der Waals surface area contributed by atoms with Crippen molar-refractivity contribution in [3.8, 4) is 0 Å². The summed E-state index contributed by atoms with van der Waals surface area (Å²) in [5.74, 6) is 0.791. The molecule has 1 aliphatic carbocycles. The quantitative estimate of drug-likeness (QED) is 0.824. The summed E-state index contributed by atoms with van der Waals surface area (Å²) < 4.78 is 0. The maximum atomic E-state index is 5.93. The van der Waals surface area contributed by atoms with Gasteiger partial charge in [-0.3, -0.25) is 4.98 Å². The van der Waals surface area contributed by atoms with Crippen LogP contribution in [0.2, 0.25) is 0 Å². The average Bonchev–Trinajstić information content (AvgIpc) is 2.93. The van der Waals surface area contributed by atoms with Gasteiger partial charge >= 0.3 is 0 Å². The molecule has 1 unspecified atom stereocenters. The summed E-state index contributed by atoms with van der Waals surface area (Å²) in [7, 11) is 0. The van der Waals surface area contributed by atoms with Crippen LogP contribution in [-0.4, -0.2) is 11.0 Å². The molecule has 1 fully saturated rings. The van der Waals surface area contributed by atoms with E-state index in [9.17, 15) is 0 Å². The third-order valence-corrected chi connectivity index (χ3v) is 4.45. The first-order valence-electron chi connectivity index (χ1n) is 7.57. The lowest BCUT2D eigenvalue weighted by Crippen LogP contribution is -2.24. The van der Waals surface area contributed by atoms with Crippen LogP contribution in [0, 0.1) is 12.8 Å². The Morgan fingerprint density at radius 2 is 2.00 bits per heavy atom. The molecule has 20 heavy (non-hydrogen) atoms. The lowest BCUT2D eigenvalue weighted by atomic mass is 9.99. The van der Waals surface area contributed by atoms with Crippen LogP contribution in [0.5, 0.6) is 0 Å². The predicted molar refractivity (Wildman–Crippen MR) is 85.9 cm³/mol. The minimum atomic E-state index is 0.504. The SMILES string of the molecule is Cc1cc(NC(C)C2CCCC2)c2cc(N)ccc2n1. The number of hydrogen-bond acceptors (Lipinski definition) is 3. The highest BCUT2D eigenvalue weighted by atomic mass is 14.9. The van der Waals surface area contributed by atoms with Crippen LogP contribution in [0.4, 0.5) is 11.4 Å². The van der Waals surface area contributed by atoms with E-state index in [0.29, 0.717) is 6.04 Å². The van der Waals surface area contributed by atoms with Crippen molar-refractivity contribution in [2.75, 3.05) is 11.1 Å². The molecule has 0 bridgehead atoms. The Bertz CT molecular complexity index is 615. The van der Waals surface area contributed by atoms with E-state index in [-0.39, 0.29) is 0 Å². The van der Waals surface area contributed by atoms with Gasteiger partial charge < -0.3 is 11.1 Å². The van der Waals surface area contributed by atoms with Gasteiger partial charge in [-0.25, -0.2) is 0 Å². The zero-order chi connectivity index (χ0) is 14.1. The molecule has 1 atom stereocenters. The summed E-state index contributed by atoms with van der Waals surface area (Å²) in [6.45, 7) is 4.34. The molecule has 3 N–H and O–H groups in total. The fourth-order valence-electron chi connectivity index (χ4n) is 3.32. The van der Waals surface area contributed by atoms with Crippen molar-refractivity contribution in [3.05, 3.63) is 30.0 Å². The molecular weight excluding hydrogens is 246 g/mol. The molecule has 0 amide bonds. The summed E-state index contributed by atoms with van der Waals surface area (Å²) in [6.07, 6.45) is 5.44. The third kappa shape index (κ3) is 2.58. The Kier molecular flexibility index (Phi) is 3.51. The molecule has 3 nitrogen and oxygen atoms in total.